The summed E-state index contributed by atoms with van der Waals surface area (Å²) >= 11 is 0. The molecule has 1 unspecified atom stereocenters. The lowest BCUT2D eigenvalue weighted by molar-refractivity contribution is -0.141. The maximum absolute atomic E-state index is 11.4. The number of para-hydroxylation sites is 1. The van der Waals surface area contributed by atoms with E-state index in [4.69, 9.17) is 0 Å². The van der Waals surface area contributed by atoms with Gasteiger partial charge in [-0.2, -0.15) is 0 Å². The van der Waals surface area contributed by atoms with Gasteiger partial charge in [0, 0.05) is 18.3 Å². The number of fused-ring (bicyclic) bond motifs is 1. The van der Waals surface area contributed by atoms with E-state index in [0.29, 0.717) is 19.0 Å². The fourth-order valence-electron chi connectivity index (χ4n) is 3.71. The minimum atomic E-state index is -0.655. The van der Waals surface area contributed by atoms with Gasteiger partial charge in [-0.05, 0) is 30.9 Å². The number of hydrogen-bond donors (Lipinski definition) is 1. The second-order valence-electron chi connectivity index (χ2n) is 6.17. The highest BCUT2D eigenvalue weighted by Gasteiger charge is 2.32. The van der Waals surface area contributed by atoms with E-state index in [1.54, 1.807) is 0 Å². The topological polar surface area (TPSA) is 40.5 Å². The maximum Gasteiger partial charge on any atom is 0.308 e. The lowest BCUT2D eigenvalue weighted by Crippen LogP contribution is -2.44. The number of carboxylic acid groups (broad SMARTS) is 1. The van der Waals surface area contributed by atoms with E-state index in [1.165, 1.54) is 49.8 Å². The zero-order valence-electron chi connectivity index (χ0n) is 11.9. The Labute approximate surface area is 120 Å². The molecule has 0 saturated heterocycles. The predicted octanol–water partition coefficient (Wildman–Crippen LogP) is 3.47. The van der Waals surface area contributed by atoms with Crippen molar-refractivity contribution in [2.45, 2.75) is 51.0 Å². The quantitative estimate of drug-likeness (QED) is 0.839. The van der Waals surface area contributed by atoms with Gasteiger partial charge in [0.1, 0.15) is 0 Å². The van der Waals surface area contributed by atoms with Crippen LogP contribution in [-0.4, -0.2) is 23.7 Å². The van der Waals surface area contributed by atoms with Gasteiger partial charge in [0.05, 0.1) is 5.92 Å². The van der Waals surface area contributed by atoms with Crippen molar-refractivity contribution in [1.29, 1.82) is 0 Å². The molecule has 0 bridgehead atoms. The second kappa shape index (κ2) is 5.86. The first-order valence-corrected chi connectivity index (χ1v) is 7.83. The summed E-state index contributed by atoms with van der Waals surface area (Å²) in [6.07, 6.45) is 8.31. The average molecular weight is 273 g/mol. The Balaban J connectivity index is 1.89. The summed E-state index contributed by atoms with van der Waals surface area (Å²) in [6.45, 7) is 0.678. The van der Waals surface area contributed by atoms with Crippen molar-refractivity contribution in [3.05, 3.63) is 29.8 Å². The number of benzene rings is 1. The zero-order chi connectivity index (χ0) is 13.9. The van der Waals surface area contributed by atoms with Crippen LogP contribution in [0.25, 0.3) is 0 Å². The monoisotopic (exact) mass is 273 g/mol. The van der Waals surface area contributed by atoms with Gasteiger partial charge in [-0.25, -0.2) is 0 Å². The van der Waals surface area contributed by atoms with Crippen molar-refractivity contribution in [3.63, 3.8) is 0 Å². The number of anilines is 1. The summed E-state index contributed by atoms with van der Waals surface area (Å²) in [6, 6.07) is 8.88. The van der Waals surface area contributed by atoms with Gasteiger partial charge in [-0.15, -0.1) is 0 Å². The first-order valence-electron chi connectivity index (χ1n) is 7.83. The molecule has 3 heteroatoms. The van der Waals surface area contributed by atoms with Gasteiger partial charge in [-0.3, -0.25) is 4.79 Å². The van der Waals surface area contributed by atoms with Gasteiger partial charge < -0.3 is 10.0 Å². The fourth-order valence-corrected chi connectivity index (χ4v) is 3.71. The van der Waals surface area contributed by atoms with Crippen molar-refractivity contribution in [2.75, 3.05) is 11.4 Å². The number of nitrogens with zero attached hydrogens (tertiary/aromatic N) is 1. The van der Waals surface area contributed by atoms with Gasteiger partial charge in [0.15, 0.2) is 0 Å². The molecule has 1 aromatic rings. The molecule has 1 fully saturated rings. The lowest BCUT2D eigenvalue weighted by atomic mass is 9.90. The van der Waals surface area contributed by atoms with Gasteiger partial charge in [0.25, 0.3) is 0 Å². The van der Waals surface area contributed by atoms with E-state index in [0.717, 1.165) is 0 Å². The van der Waals surface area contributed by atoms with Crippen LogP contribution >= 0.6 is 0 Å². The standard InChI is InChI=1S/C17H23NO2/c19-17(20)14-11-13-7-5-6-10-16(13)18(12-14)15-8-3-1-2-4-9-15/h5-7,10,14-15H,1-4,8-9,11-12H2,(H,19,20). The minimum absolute atomic E-state index is 0.256. The van der Waals surface area contributed by atoms with Gasteiger partial charge >= 0.3 is 5.97 Å². The van der Waals surface area contributed by atoms with Crippen LogP contribution in [0.15, 0.2) is 24.3 Å². The molecule has 20 heavy (non-hydrogen) atoms. The molecule has 0 amide bonds. The number of hydrogen-bond acceptors (Lipinski definition) is 2. The van der Waals surface area contributed by atoms with E-state index in [2.05, 4.69) is 23.1 Å². The molecule has 3 rings (SSSR count). The molecule has 1 atom stereocenters. The second-order valence-corrected chi connectivity index (χ2v) is 6.17. The summed E-state index contributed by atoms with van der Waals surface area (Å²) < 4.78 is 0. The third-order valence-electron chi connectivity index (χ3n) is 4.80. The van der Waals surface area contributed by atoms with Crippen molar-refractivity contribution in [2.24, 2.45) is 5.92 Å². The molecule has 1 aromatic carbocycles. The summed E-state index contributed by atoms with van der Waals surface area (Å²) in [5.41, 5.74) is 2.48. The lowest BCUT2D eigenvalue weighted by Gasteiger charge is -2.40. The molecule has 2 aliphatic rings. The summed E-state index contributed by atoms with van der Waals surface area (Å²) in [7, 11) is 0. The van der Waals surface area contributed by atoms with Crippen molar-refractivity contribution >= 4 is 11.7 Å². The molecule has 0 spiro atoms. The first-order chi connectivity index (χ1) is 9.75. The first kappa shape index (κ1) is 13.5. The molecule has 1 N–H and O–H groups in total. The third-order valence-corrected chi connectivity index (χ3v) is 4.80. The highest BCUT2D eigenvalue weighted by molar-refractivity contribution is 5.74. The highest BCUT2D eigenvalue weighted by Crippen LogP contribution is 2.34. The Morgan fingerprint density at radius 3 is 2.50 bits per heavy atom. The Morgan fingerprint density at radius 1 is 1.10 bits per heavy atom. The van der Waals surface area contributed by atoms with Crippen LogP contribution in [0.1, 0.15) is 44.1 Å². The van der Waals surface area contributed by atoms with Crippen LogP contribution < -0.4 is 4.90 Å². The summed E-state index contributed by atoms with van der Waals surface area (Å²) in [4.78, 5) is 13.8. The minimum Gasteiger partial charge on any atom is -0.481 e. The molecular weight excluding hydrogens is 250 g/mol. The third kappa shape index (κ3) is 2.67. The van der Waals surface area contributed by atoms with Crippen LogP contribution in [0.2, 0.25) is 0 Å². The van der Waals surface area contributed by atoms with E-state index in [-0.39, 0.29) is 5.92 Å². The number of rotatable bonds is 2. The number of aliphatic carboxylic acids is 1. The molecule has 0 radical (unpaired) electrons. The number of carbonyl (C=O) groups is 1. The summed E-state index contributed by atoms with van der Waals surface area (Å²) in [5.74, 6) is -0.911. The Hall–Kier alpha value is -1.51. The van der Waals surface area contributed by atoms with Crippen LogP contribution in [0.5, 0.6) is 0 Å². The van der Waals surface area contributed by atoms with Crippen LogP contribution in [0, 0.1) is 5.92 Å². The number of carboxylic acids is 1. The molecule has 1 heterocycles. The van der Waals surface area contributed by atoms with E-state index >= 15 is 0 Å². The Kier molecular flexibility index (Phi) is 3.95. The Morgan fingerprint density at radius 2 is 1.80 bits per heavy atom. The molecule has 0 aromatic heterocycles. The maximum atomic E-state index is 11.4. The largest absolute Gasteiger partial charge is 0.481 e. The van der Waals surface area contributed by atoms with Crippen LogP contribution in [0.4, 0.5) is 5.69 Å². The van der Waals surface area contributed by atoms with E-state index in [9.17, 15) is 9.90 Å². The molecular formula is C17H23NO2. The molecule has 1 saturated carbocycles. The fraction of sp³-hybridized carbons (Fsp3) is 0.588. The Bertz CT molecular complexity index is 478. The van der Waals surface area contributed by atoms with Crippen LogP contribution in [0.3, 0.4) is 0 Å². The van der Waals surface area contributed by atoms with Crippen LogP contribution in [-0.2, 0) is 11.2 Å². The molecule has 3 nitrogen and oxygen atoms in total. The molecule has 1 aliphatic heterocycles. The van der Waals surface area contributed by atoms with Gasteiger partial charge in [0.2, 0.25) is 0 Å². The van der Waals surface area contributed by atoms with Crippen molar-refractivity contribution < 1.29 is 9.90 Å². The highest BCUT2D eigenvalue weighted by atomic mass is 16.4. The van der Waals surface area contributed by atoms with E-state index in [1.807, 2.05) is 6.07 Å². The van der Waals surface area contributed by atoms with Crippen molar-refractivity contribution in [3.8, 4) is 0 Å². The smallest absolute Gasteiger partial charge is 0.308 e. The van der Waals surface area contributed by atoms with Gasteiger partial charge in [-0.1, -0.05) is 43.9 Å². The molecule has 108 valence electrons. The predicted molar refractivity (Wildman–Crippen MR) is 80.1 cm³/mol. The molecule has 1 aliphatic carbocycles. The SMILES string of the molecule is O=C(O)C1Cc2ccccc2N(C2CCCCCC2)C1. The average Bonchev–Trinajstić information content (AvgIpc) is 2.75. The van der Waals surface area contributed by atoms with E-state index < -0.39 is 5.97 Å². The zero-order valence-corrected chi connectivity index (χ0v) is 11.9. The normalized spacial score (nSPS) is 24.0. The van der Waals surface area contributed by atoms with Crippen molar-refractivity contribution in [1.82, 2.24) is 0 Å². The summed E-state index contributed by atoms with van der Waals surface area (Å²) in [5, 5.41) is 9.41.